The monoisotopic (exact) mass is 478 g/mol. The molecule has 0 spiro atoms. The highest BCUT2D eigenvalue weighted by Crippen LogP contribution is 2.55. The molecule has 33 heavy (non-hydrogen) atoms. The van der Waals surface area contributed by atoms with E-state index in [0.29, 0.717) is 18.8 Å². The summed E-state index contributed by atoms with van der Waals surface area (Å²) in [5.74, 6) is 0.359. The summed E-state index contributed by atoms with van der Waals surface area (Å²) < 4.78 is 33.3. The zero-order valence-electron chi connectivity index (χ0n) is 17.7. The Morgan fingerprint density at radius 2 is 2.06 bits per heavy atom. The van der Waals surface area contributed by atoms with Crippen LogP contribution in [-0.4, -0.2) is 56.8 Å². The van der Waals surface area contributed by atoms with Gasteiger partial charge < -0.3 is 14.4 Å². The number of aliphatic hydroxyl groups excluding tert-OH is 1. The molecular formula is C19H23N6O7P. The smallest absolute Gasteiger partial charge is 0.413 e. The van der Waals surface area contributed by atoms with E-state index < -0.39 is 43.0 Å². The van der Waals surface area contributed by atoms with Crippen molar-refractivity contribution < 1.29 is 23.5 Å². The van der Waals surface area contributed by atoms with Crippen LogP contribution >= 0.6 is 7.75 Å². The van der Waals surface area contributed by atoms with Crippen LogP contribution in [0, 0.1) is 0 Å². The standard InChI is InChI=1S/C19H23N6O7P/c1-19(22-23-20)16(27)14(31-17(19)25-11-8-15(26)21-18(25)28)12-30-33(29,24-9-5-10-24)32-13-6-3-2-4-7-13/h2-4,6-8,11,14,16-17,27H,5,9-10,12H2,1H3,(H,21,26,28)/t14-,16-,17-,19-,33?/m1/s1. The van der Waals surface area contributed by atoms with Crippen LogP contribution in [0.15, 0.2) is 57.3 Å². The molecule has 0 radical (unpaired) electrons. The molecule has 1 aromatic heterocycles. The van der Waals surface area contributed by atoms with Gasteiger partial charge in [-0.05, 0) is 31.0 Å². The molecule has 176 valence electrons. The molecule has 0 saturated carbocycles. The second-order valence-electron chi connectivity index (χ2n) is 7.88. The fourth-order valence-electron chi connectivity index (χ4n) is 3.69. The summed E-state index contributed by atoms with van der Waals surface area (Å²) in [5.41, 5.74) is 6.01. The first-order valence-corrected chi connectivity index (χ1v) is 11.7. The van der Waals surface area contributed by atoms with Gasteiger partial charge in [-0.3, -0.25) is 18.9 Å². The molecule has 3 heterocycles. The molecule has 2 N–H and O–H groups in total. The van der Waals surface area contributed by atoms with Crippen molar-refractivity contribution in [3.63, 3.8) is 0 Å². The van der Waals surface area contributed by atoms with Gasteiger partial charge in [-0.25, -0.2) is 9.36 Å². The van der Waals surface area contributed by atoms with Gasteiger partial charge in [0.2, 0.25) is 0 Å². The maximum absolute atomic E-state index is 13.5. The number of aliphatic hydroxyl groups is 1. The number of hydrogen-bond acceptors (Lipinski definition) is 8. The lowest BCUT2D eigenvalue weighted by Crippen LogP contribution is -2.45. The Labute approximate surface area is 187 Å². The van der Waals surface area contributed by atoms with Crippen LogP contribution in [0.1, 0.15) is 19.6 Å². The van der Waals surface area contributed by atoms with Crippen molar-refractivity contribution in [3.05, 3.63) is 73.9 Å². The van der Waals surface area contributed by atoms with Crippen LogP contribution < -0.4 is 15.8 Å². The first-order chi connectivity index (χ1) is 15.8. The van der Waals surface area contributed by atoms with Gasteiger partial charge in [0.15, 0.2) is 6.23 Å². The Kier molecular flexibility index (Phi) is 6.44. The lowest BCUT2D eigenvalue weighted by molar-refractivity contribution is -0.0474. The molecule has 2 aromatic rings. The van der Waals surface area contributed by atoms with Crippen LogP contribution in [0.3, 0.4) is 0 Å². The van der Waals surface area contributed by atoms with E-state index in [4.69, 9.17) is 19.3 Å². The second kappa shape index (κ2) is 9.14. The van der Waals surface area contributed by atoms with Gasteiger partial charge in [0.1, 0.15) is 17.4 Å². The Morgan fingerprint density at radius 1 is 1.33 bits per heavy atom. The van der Waals surface area contributed by atoms with Crippen LogP contribution in [0.5, 0.6) is 5.75 Å². The molecule has 1 unspecified atom stereocenters. The average Bonchev–Trinajstić information content (AvgIpc) is 2.97. The maximum Gasteiger partial charge on any atom is 0.461 e. The van der Waals surface area contributed by atoms with Gasteiger partial charge in [0.05, 0.1) is 12.7 Å². The highest BCUT2D eigenvalue weighted by molar-refractivity contribution is 7.51. The number of nitrogens with zero attached hydrogens (tertiary/aromatic N) is 5. The summed E-state index contributed by atoms with van der Waals surface area (Å²) in [7, 11) is -3.77. The highest BCUT2D eigenvalue weighted by atomic mass is 31.2. The third-order valence-electron chi connectivity index (χ3n) is 5.66. The summed E-state index contributed by atoms with van der Waals surface area (Å²) in [5, 5.41) is 14.6. The molecule has 2 saturated heterocycles. The quantitative estimate of drug-likeness (QED) is 0.250. The molecule has 5 atom stereocenters. The fourth-order valence-corrected chi connectivity index (χ4v) is 5.51. The number of aromatic nitrogens is 2. The maximum atomic E-state index is 13.5. The average molecular weight is 478 g/mol. The normalized spacial score (nSPS) is 29.0. The molecule has 0 amide bonds. The lowest BCUT2D eigenvalue weighted by Gasteiger charge is -2.36. The van der Waals surface area contributed by atoms with Crippen LogP contribution in [-0.2, 0) is 13.8 Å². The zero-order valence-corrected chi connectivity index (χ0v) is 18.6. The van der Waals surface area contributed by atoms with Gasteiger partial charge in [0.25, 0.3) is 5.56 Å². The Hall–Kier alpha value is -2.92. The van der Waals surface area contributed by atoms with Crippen molar-refractivity contribution in [1.29, 1.82) is 0 Å². The molecule has 13 nitrogen and oxygen atoms in total. The Morgan fingerprint density at radius 3 is 2.67 bits per heavy atom. The van der Waals surface area contributed by atoms with E-state index in [2.05, 4.69) is 15.0 Å². The van der Waals surface area contributed by atoms with E-state index in [1.807, 2.05) is 0 Å². The highest BCUT2D eigenvalue weighted by Gasteiger charge is 2.55. The number of benzene rings is 1. The first kappa shape index (κ1) is 23.2. The van der Waals surface area contributed by atoms with E-state index in [9.17, 15) is 19.3 Å². The second-order valence-corrected chi connectivity index (χ2v) is 9.82. The van der Waals surface area contributed by atoms with Crippen molar-refractivity contribution in [2.24, 2.45) is 5.11 Å². The fraction of sp³-hybridized carbons (Fsp3) is 0.474. The lowest BCUT2D eigenvalue weighted by atomic mass is 9.93. The van der Waals surface area contributed by atoms with Crippen molar-refractivity contribution in [2.45, 2.75) is 37.3 Å². The van der Waals surface area contributed by atoms with Crippen molar-refractivity contribution in [3.8, 4) is 5.75 Å². The SMILES string of the molecule is C[C@@]1(N=[N+]=[N-])[C@H](O)[C@@H](COP(=O)(Oc2ccccc2)N2CCC2)O[C@H]1n1ccc(=O)[nH]c1=O. The summed E-state index contributed by atoms with van der Waals surface area (Å²) in [6.07, 6.45) is -1.77. The number of nitrogens with one attached hydrogen (secondary N) is 1. The van der Waals surface area contributed by atoms with Gasteiger partial charge in [0, 0.05) is 30.3 Å². The Bertz CT molecular complexity index is 1210. The van der Waals surface area contributed by atoms with E-state index in [0.717, 1.165) is 17.1 Å². The minimum atomic E-state index is -3.77. The number of para-hydroxylation sites is 1. The first-order valence-electron chi connectivity index (χ1n) is 10.2. The minimum Gasteiger partial charge on any atom is -0.413 e. The van der Waals surface area contributed by atoms with Gasteiger partial charge in [-0.2, -0.15) is 4.67 Å². The van der Waals surface area contributed by atoms with Crippen LogP contribution in [0.4, 0.5) is 0 Å². The molecule has 2 aliphatic rings. The summed E-state index contributed by atoms with van der Waals surface area (Å²) >= 11 is 0. The minimum absolute atomic E-state index is 0.359. The van der Waals surface area contributed by atoms with E-state index in [1.165, 1.54) is 13.1 Å². The molecule has 0 aliphatic carbocycles. The Balaban J connectivity index is 1.58. The molecule has 0 bridgehead atoms. The molecule has 4 rings (SSSR count). The molecular weight excluding hydrogens is 455 g/mol. The largest absolute Gasteiger partial charge is 0.461 e. The van der Waals surface area contributed by atoms with Gasteiger partial charge in [-0.1, -0.05) is 23.3 Å². The molecule has 14 heteroatoms. The topological polar surface area (TPSA) is 172 Å². The predicted molar refractivity (Wildman–Crippen MR) is 116 cm³/mol. The van der Waals surface area contributed by atoms with Gasteiger partial charge in [-0.15, -0.1) is 0 Å². The summed E-state index contributed by atoms with van der Waals surface area (Å²) in [6.45, 7) is 2.08. The molecule has 1 aromatic carbocycles. The van der Waals surface area contributed by atoms with Crippen LogP contribution in [0.25, 0.3) is 10.4 Å². The molecule has 2 fully saturated rings. The van der Waals surface area contributed by atoms with E-state index in [1.54, 1.807) is 35.0 Å². The van der Waals surface area contributed by atoms with Crippen molar-refractivity contribution >= 4 is 7.75 Å². The zero-order chi connectivity index (χ0) is 23.6. The third kappa shape index (κ3) is 4.47. The number of azide groups is 1. The van der Waals surface area contributed by atoms with E-state index in [-0.39, 0.29) is 6.61 Å². The number of aromatic amines is 1. The molecule has 2 aliphatic heterocycles. The summed E-state index contributed by atoms with van der Waals surface area (Å²) in [6, 6.07) is 9.65. The summed E-state index contributed by atoms with van der Waals surface area (Å²) in [4.78, 5) is 28.6. The number of rotatable bonds is 8. The van der Waals surface area contributed by atoms with E-state index >= 15 is 0 Å². The van der Waals surface area contributed by atoms with Gasteiger partial charge >= 0.3 is 13.4 Å². The predicted octanol–water partition coefficient (Wildman–Crippen LogP) is 1.77. The third-order valence-corrected chi connectivity index (χ3v) is 7.67. The van der Waals surface area contributed by atoms with Crippen molar-refractivity contribution in [2.75, 3.05) is 19.7 Å². The number of H-pyrrole nitrogens is 1. The van der Waals surface area contributed by atoms with Crippen molar-refractivity contribution in [1.82, 2.24) is 14.2 Å². The van der Waals surface area contributed by atoms with Crippen LogP contribution in [0.2, 0.25) is 0 Å². The number of hydrogen-bond donors (Lipinski definition) is 2. The number of ether oxygens (including phenoxy) is 1.